The average molecular weight is 302 g/mol. The van der Waals surface area contributed by atoms with Crippen LogP contribution in [0.2, 0.25) is 0 Å². The van der Waals surface area contributed by atoms with Crippen molar-refractivity contribution in [3.05, 3.63) is 70.0 Å². The molecule has 0 amide bonds. The maximum atomic E-state index is 12.3. The molecule has 3 rings (SSSR count). The van der Waals surface area contributed by atoms with Crippen molar-refractivity contribution in [3.8, 4) is 0 Å². The van der Waals surface area contributed by atoms with E-state index in [0.29, 0.717) is 0 Å². The Hall–Kier alpha value is -1.57. The molecule has 0 fully saturated rings. The van der Waals surface area contributed by atoms with Gasteiger partial charge in [-0.25, -0.2) is 0 Å². The first-order chi connectivity index (χ1) is 8.75. The van der Waals surface area contributed by atoms with Crippen LogP contribution >= 0.6 is 0 Å². The van der Waals surface area contributed by atoms with Crippen molar-refractivity contribution >= 4 is 24.4 Å². The van der Waals surface area contributed by atoms with Crippen LogP contribution in [0.25, 0.3) is 9.65 Å². The number of benzene rings is 2. The van der Waals surface area contributed by atoms with E-state index >= 15 is 0 Å². The normalized spacial score (nSPS) is 10.9. The number of rotatable bonds is 2. The van der Waals surface area contributed by atoms with E-state index in [1.165, 1.54) is 15.4 Å². The third-order valence-electron chi connectivity index (χ3n) is 3.13. The second-order valence-corrected chi connectivity index (χ2v) is 6.59. The fraction of sp³-hybridized carbons (Fsp3) is 0.133. The summed E-state index contributed by atoms with van der Waals surface area (Å²) in [6, 6.07) is 16.2. The quantitative estimate of drug-likeness (QED) is 0.666. The first-order valence-electron chi connectivity index (χ1n) is 5.89. The Morgan fingerprint density at radius 2 is 1.78 bits per heavy atom. The van der Waals surface area contributed by atoms with E-state index in [0.717, 1.165) is 11.9 Å². The van der Waals surface area contributed by atoms with Crippen LogP contribution in [0, 0.1) is 6.92 Å². The zero-order valence-corrected chi connectivity index (χ0v) is 11.8. The standard InChI is InChI=1S/C15H13NOSe/c1-11-6-2-3-7-12(11)10-16-15(17)13-8-4-5-9-14(13)18-16/h2-9H,10H2,1H3. The number of hydrogen-bond donors (Lipinski definition) is 0. The molecular weight excluding hydrogens is 289 g/mol. The van der Waals surface area contributed by atoms with Crippen LogP contribution in [-0.4, -0.2) is 18.3 Å². The van der Waals surface area contributed by atoms with Crippen molar-refractivity contribution in [3.63, 3.8) is 0 Å². The van der Waals surface area contributed by atoms with Crippen molar-refractivity contribution in [1.29, 1.82) is 0 Å². The van der Waals surface area contributed by atoms with Crippen molar-refractivity contribution < 1.29 is 0 Å². The van der Waals surface area contributed by atoms with Crippen molar-refractivity contribution in [2.24, 2.45) is 0 Å². The van der Waals surface area contributed by atoms with Gasteiger partial charge >= 0.3 is 111 Å². The van der Waals surface area contributed by atoms with E-state index in [4.69, 9.17) is 0 Å². The van der Waals surface area contributed by atoms with E-state index in [1.807, 2.05) is 33.9 Å². The van der Waals surface area contributed by atoms with Gasteiger partial charge in [0.05, 0.1) is 0 Å². The Morgan fingerprint density at radius 1 is 1.06 bits per heavy atom. The molecule has 0 spiro atoms. The van der Waals surface area contributed by atoms with Gasteiger partial charge in [0, 0.05) is 0 Å². The van der Waals surface area contributed by atoms with Gasteiger partial charge in [0.15, 0.2) is 0 Å². The van der Waals surface area contributed by atoms with Crippen molar-refractivity contribution in [2.75, 3.05) is 0 Å². The third-order valence-corrected chi connectivity index (χ3v) is 5.37. The van der Waals surface area contributed by atoms with E-state index < -0.39 is 0 Å². The molecule has 0 bridgehead atoms. The number of nitrogens with zero attached hydrogens (tertiary/aromatic N) is 1. The molecular formula is C15H13NOSe. The van der Waals surface area contributed by atoms with Gasteiger partial charge in [-0.15, -0.1) is 0 Å². The first-order valence-corrected chi connectivity index (χ1v) is 7.51. The zero-order chi connectivity index (χ0) is 12.5. The molecule has 3 heteroatoms. The summed E-state index contributed by atoms with van der Waals surface area (Å²) >= 11 is 0.121. The fourth-order valence-corrected chi connectivity index (χ4v) is 4.19. The van der Waals surface area contributed by atoms with Gasteiger partial charge in [0.2, 0.25) is 0 Å². The Labute approximate surface area is 111 Å². The van der Waals surface area contributed by atoms with Gasteiger partial charge in [-0.1, -0.05) is 0 Å². The minimum atomic E-state index is 0.121. The SMILES string of the molecule is Cc1ccccc1Cn1[se]c2ccccc2c1=O. The molecule has 0 unspecified atom stereocenters. The maximum absolute atomic E-state index is 12.3. The molecule has 0 radical (unpaired) electrons. The molecule has 3 aromatic rings. The number of fused-ring (bicyclic) bond motifs is 1. The van der Waals surface area contributed by atoms with Crippen LogP contribution in [0.5, 0.6) is 0 Å². The molecule has 90 valence electrons. The van der Waals surface area contributed by atoms with Gasteiger partial charge in [0.25, 0.3) is 0 Å². The second-order valence-electron chi connectivity index (χ2n) is 4.36. The Kier molecular flexibility index (Phi) is 2.94. The van der Waals surface area contributed by atoms with Crippen LogP contribution in [0.15, 0.2) is 53.3 Å². The molecule has 0 atom stereocenters. The first kappa shape index (κ1) is 11.5. The molecule has 0 saturated heterocycles. The second kappa shape index (κ2) is 4.60. The van der Waals surface area contributed by atoms with E-state index in [2.05, 4.69) is 25.1 Å². The Morgan fingerprint density at radius 3 is 2.56 bits per heavy atom. The molecule has 0 saturated carbocycles. The summed E-state index contributed by atoms with van der Waals surface area (Å²) in [5.74, 6) is 0. The third kappa shape index (κ3) is 1.96. The Bertz CT molecular complexity index is 754. The molecule has 0 aliphatic heterocycles. The summed E-state index contributed by atoms with van der Waals surface area (Å²) < 4.78 is 3.17. The predicted molar refractivity (Wildman–Crippen MR) is 75.4 cm³/mol. The minimum absolute atomic E-state index is 0.121. The topological polar surface area (TPSA) is 22.0 Å². The number of aryl methyl sites for hydroxylation is 1. The van der Waals surface area contributed by atoms with Gasteiger partial charge in [-0.2, -0.15) is 0 Å². The summed E-state index contributed by atoms with van der Waals surface area (Å²) in [6.45, 7) is 2.82. The van der Waals surface area contributed by atoms with Crippen LogP contribution in [0.1, 0.15) is 11.1 Å². The average Bonchev–Trinajstić information content (AvgIpc) is 2.70. The van der Waals surface area contributed by atoms with Crippen molar-refractivity contribution in [2.45, 2.75) is 13.5 Å². The van der Waals surface area contributed by atoms with Gasteiger partial charge in [0.1, 0.15) is 0 Å². The van der Waals surface area contributed by atoms with E-state index in [-0.39, 0.29) is 20.3 Å². The van der Waals surface area contributed by atoms with Gasteiger partial charge in [-0.3, -0.25) is 0 Å². The van der Waals surface area contributed by atoms with Gasteiger partial charge in [-0.05, 0) is 0 Å². The fourth-order valence-electron chi connectivity index (χ4n) is 2.06. The monoisotopic (exact) mass is 303 g/mol. The van der Waals surface area contributed by atoms with Crippen LogP contribution in [-0.2, 0) is 6.54 Å². The van der Waals surface area contributed by atoms with Gasteiger partial charge < -0.3 is 0 Å². The number of aromatic nitrogens is 1. The molecule has 0 aliphatic carbocycles. The molecule has 2 nitrogen and oxygen atoms in total. The molecule has 1 heterocycles. The molecule has 18 heavy (non-hydrogen) atoms. The zero-order valence-electron chi connectivity index (χ0n) is 10.1. The van der Waals surface area contributed by atoms with Crippen LogP contribution < -0.4 is 5.56 Å². The summed E-state index contributed by atoms with van der Waals surface area (Å²) in [5.41, 5.74) is 2.66. The molecule has 0 N–H and O–H groups in total. The van der Waals surface area contributed by atoms with Crippen LogP contribution in [0.3, 0.4) is 0 Å². The predicted octanol–water partition coefficient (Wildman–Crippen LogP) is 2.42. The summed E-state index contributed by atoms with van der Waals surface area (Å²) in [7, 11) is 0. The van der Waals surface area contributed by atoms with E-state index in [9.17, 15) is 4.79 Å². The van der Waals surface area contributed by atoms with E-state index in [1.54, 1.807) is 0 Å². The van der Waals surface area contributed by atoms with Crippen molar-refractivity contribution in [1.82, 2.24) is 3.56 Å². The van der Waals surface area contributed by atoms with Crippen LogP contribution in [0.4, 0.5) is 0 Å². The molecule has 0 aliphatic rings. The summed E-state index contributed by atoms with van der Waals surface area (Å²) in [4.78, 5) is 12.3. The Balaban J connectivity index is 2.09. The molecule has 2 aromatic carbocycles. The molecule has 1 aromatic heterocycles. The number of hydrogen-bond acceptors (Lipinski definition) is 1. The summed E-state index contributed by atoms with van der Waals surface area (Å²) in [5, 5.41) is 0.881. The summed E-state index contributed by atoms with van der Waals surface area (Å²) in [6.07, 6.45) is 0.